The lowest BCUT2D eigenvalue weighted by Gasteiger charge is -2.23. The molecule has 1 saturated heterocycles. The number of aromatic nitrogens is 2. The Bertz CT molecular complexity index is 739. The SMILES string of the molecule is O=C(Cn1c(C(F)(F)F)nc2ccccc21)NCC[NH+]1CCOCC1. The molecule has 0 spiro atoms. The molecule has 1 aliphatic heterocycles. The molecular weight excluding hydrogens is 337 g/mol. The molecule has 25 heavy (non-hydrogen) atoms. The minimum atomic E-state index is -4.61. The van der Waals surface area contributed by atoms with E-state index in [0.29, 0.717) is 25.3 Å². The highest BCUT2D eigenvalue weighted by atomic mass is 19.4. The van der Waals surface area contributed by atoms with E-state index < -0.39 is 24.5 Å². The van der Waals surface area contributed by atoms with Crippen molar-refractivity contribution in [2.45, 2.75) is 12.7 Å². The van der Waals surface area contributed by atoms with E-state index in [1.165, 1.54) is 17.0 Å². The second-order valence-corrected chi connectivity index (χ2v) is 5.97. The van der Waals surface area contributed by atoms with Gasteiger partial charge < -0.3 is 19.5 Å². The van der Waals surface area contributed by atoms with Crippen LogP contribution in [0.25, 0.3) is 11.0 Å². The Morgan fingerprint density at radius 2 is 2.00 bits per heavy atom. The molecule has 1 amide bonds. The number of ether oxygens (including phenoxy) is 1. The number of rotatable bonds is 5. The molecule has 1 aliphatic rings. The van der Waals surface area contributed by atoms with Crippen LogP contribution in [-0.4, -0.2) is 54.9 Å². The van der Waals surface area contributed by atoms with E-state index in [1.54, 1.807) is 12.1 Å². The highest BCUT2D eigenvalue weighted by Gasteiger charge is 2.37. The second kappa shape index (κ2) is 7.40. The van der Waals surface area contributed by atoms with Gasteiger partial charge in [0.2, 0.25) is 11.7 Å². The molecule has 3 rings (SSSR count). The van der Waals surface area contributed by atoms with Crippen molar-refractivity contribution in [2.24, 2.45) is 0 Å². The molecule has 0 saturated carbocycles. The van der Waals surface area contributed by atoms with Crippen molar-refractivity contribution in [1.82, 2.24) is 14.9 Å². The Kier molecular flexibility index (Phi) is 5.24. The molecular formula is C16H20F3N4O2+. The maximum absolute atomic E-state index is 13.2. The van der Waals surface area contributed by atoms with E-state index >= 15 is 0 Å². The monoisotopic (exact) mass is 357 g/mol. The average Bonchev–Trinajstić information content (AvgIpc) is 2.95. The van der Waals surface area contributed by atoms with Crippen LogP contribution in [0.4, 0.5) is 13.2 Å². The summed E-state index contributed by atoms with van der Waals surface area (Å²) >= 11 is 0. The summed E-state index contributed by atoms with van der Waals surface area (Å²) in [6.45, 7) is 3.88. The quantitative estimate of drug-likeness (QED) is 0.797. The van der Waals surface area contributed by atoms with Crippen LogP contribution >= 0.6 is 0 Å². The normalized spacial score (nSPS) is 16.3. The van der Waals surface area contributed by atoms with Crippen molar-refractivity contribution < 1.29 is 27.6 Å². The smallest absolute Gasteiger partial charge is 0.370 e. The number of fused-ring (bicyclic) bond motifs is 1. The molecule has 2 heterocycles. The number of carbonyl (C=O) groups is 1. The summed E-state index contributed by atoms with van der Waals surface area (Å²) in [6.07, 6.45) is -4.61. The van der Waals surface area contributed by atoms with Crippen molar-refractivity contribution >= 4 is 16.9 Å². The van der Waals surface area contributed by atoms with Gasteiger partial charge in [0.1, 0.15) is 19.6 Å². The summed E-state index contributed by atoms with van der Waals surface area (Å²) < 4.78 is 45.8. The van der Waals surface area contributed by atoms with Crippen molar-refractivity contribution in [3.8, 4) is 0 Å². The summed E-state index contributed by atoms with van der Waals surface area (Å²) in [4.78, 5) is 17.1. The first-order valence-corrected chi connectivity index (χ1v) is 8.15. The molecule has 6 nitrogen and oxygen atoms in total. The first-order valence-electron chi connectivity index (χ1n) is 8.15. The Balaban J connectivity index is 1.66. The van der Waals surface area contributed by atoms with Gasteiger partial charge in [-0.05, 0) is 12.1 Å². The van der Waals surface area contributed by atoms with E-state index in [4.69, 9.17) is 4.74 Å². The predicted molar refractivity (Wildman–Crippen MR) is 84.1 cm³/mol. The Morgan fingerprint density at radius 1 is 1.28 bits per heavy atom. The third kappa shape index (κ3) is 4.29. The lowest BCUT2D eigenvalue weighted by molar-refractivity contribution is -0.906. The number of benzene rings is 1. The van der Waals surface area contributed by atoms with E-state index in [-0.39, 0.29) is 5.52 Å². The fraction of sp³-hybridized carbons (Fsp3) is 0.500. The number of hydrogen-bond acceptors (Lipinski definition) is 3. The largest absolute Gasteiger partial charge is 0.449 e. The number of nitrogens with one attached hydrogen (secondary N) is 2. The summed E-state index contributed by atoms with van der Waals surface area (Å²) in [5.74, 6) is -1.51. The molecule has 2 N–H and O–H groups in total. The number of alkyl halides is 3. The molecule has 0 bridgehead atoms. The molecule has 136 valence electrons. The van der Waals surface area contributed by atoms with Gasteiger partial charge in [0, 0.05) is 0 Å². The first kappa shape index (κ1) is 17.7. The zero-order valence-electron chi connectivity index (χ0n) is 13.6. The summed E-state index contributed by atoms with van der Waals surface area (Å²) in [7, 11) is 0. The first-order chi connectivity index (χ1) is 11.9. The minimum absolute atomic E-state index is 0.223. The highest BCUT2D eigenvalue weighted by Crippen LogP contribution is 2.31. The Morgan fingerprint density at radius 3 is 2.72 bits per heavy atom. The van der Waals surface area contributed by atoms with Crippen LogP contribution in [0.3, 0.4) is 0 Å². The second-order valence-electron chi connectivity index (χ2n) is 5.97. The summed E-state index contributed by atoms with van der Waals surface area (Å²) in [6, 6.07) is 6.27. The maximum Gasteiger partial charge on any atom is 0.449 e. The average molecular weight is 357 g/mol. The van der Waals surface area contributed by atoms with Gasteiger partial charge in [0.25, 0.3) is 0 Å². The van der Waals surface area contributed by atoms with Crippen LogP contribution in [0.1, 0.15) is 5.82 Å². The van der Waals surface area contributed by atoms with Gasteiger partial charge >= 0.3 is 6.18 Å². The number of imidazole rings is 1. The van der Waals surface area contributed by atoms with Gasteiger partial charge in [0.15, 0.2) is 0 Å². The fourth-order valence-electron chi connectivity index (χ4n) is 2.94. The van der Waals surface area contributed by atoms with Crippen LogP contribution in [0, 0.1) is 0 Å². The lowest BCUT2D eigenvalue weighted by Crippen LogP contribution is -3.14. The van der Waals surface area contributed by atoms with Crippen molar-refractivity contribution in [3.63, 3.8) is 0 Å². The van der Waals surface area contributed by atoms with Gasteiger partial charge in [-0.25, -0.2) is 4.98 Å². The van der Waals surface area contributed by atoms with Crippen LogP contribution in [-0.2, 0) is 22.3 Å². The highest BCUT2D eigenvalue weighted by molar-refractivity contribution is 5.81. The number of halogens is 3. The Hall–Kier alpha value is -2.13. The van der Waals surface area contributed by atoms with Crippen LogP contribution in [0.2, 0.25) is 0 Å². The number of carbonyl (C=O) groups excluding carboxylic acids is 1. The Labute approximate surface area is 142 Å². The van der Waals surface area contributed by atoms with Gasteiger partial charge in [0.05, 0.1) is 37.3 Å². The number of quaternary nitrogens is 1. The zero-order chi connectivity index (χ0) is 17.9. The molecule has 0 aliphatic carbocycles. The standard InChI is InChI=1S/C16H19F3N4O2/c17-16(18,19)15-21-12-3-1-2-4-13(12)23(15)11-14(24)20-5-6-22-7-9-25-10-8-22/h1-4H,5-11H2,(H,20,24)/p+1. The van der Waals surface area contributed by atoms with Crippen LogP contribution in [0.15, 0.2) is 24.3 Å². The van der Waals surface area contributed by atoms with Crippen LogP contribution in [0.5, 0.6) is 0 Å². The molecule has 1 aromatic carbocycles. The molecule has 1 fully saturated rings. The lowest BCUT2D eigenvalue weighted by atomic mass is 10.3. The van der Waals surface area contributed by atoms with Crippen molar-refractivity contribution in [3.05, 3.63) is 30.1 Å². The number of nitrogens with zero attached hydrogens (tertiary/aromatic N) is 2. The molecule has 0 radical (unpaired) electrons. The van der Waals surface area contributed by atoms with Gasteiger partial charge in [-0.3, -0.25) is 4.79 Å². The maximum atomic E-state index is 13.2. The van der Waals surface area contributed by atoms with Crippen molar-refractivity contribution in [2.75, 3.05) is 39.4 Å². The van der Waals surface area contributed by atoms with E-state index in [2.05, 4.69) is 10.3 Å². The molecule has 9 heteroatoms. The molecule has 0 atom stereocenters. The van der Waals surface area contributed by atoms with Gasteiger partial charge in [-0.2, -0.15) is 13.2 Å². The number of morpholine rings is 1. The third-order valence-corrected chi connectivity index (χ3v) is 4.21. The number of amides is 1. The molecule has 0 unspecified atom stereocenters. The van der Waals surface area contributed by atoms with E-state index in [9.17, 15) is 18.0 Å². The van der Waals surface area contributed by atoms with E-state index in [0.717, 1.165) is 24.2 Å². The van der Waals surface area contributed by atoms with Crippen LogP contribution < -0.4 is 10.2 Å². The zero-order valence-corrected chi connectivity index (χ0v) is 13.6. The fourth-order valence-corrected chi connectivity index (χ4v) is 2.94. The van der Waals surface area contributed by atoms with Gasteiger partial charge in [-0.1, -0.05) is 12.1 Å². The van der Waals surface area contributed by atoms with Gasteiger partial charge in [-0.15, -0.1) is 0 Å². The van der Waals surface area contributed by atoms with E-state index in [1.807, 2.05) is 0 Å². The summed E-state index contributed by atoms with van der Waals surface area (Å²) in [5, 5.41) is 2.70. The molecule has 1 aromatic heterocycles. The minimum Gasteiger partial charge on any atom is -0.370 e. The molecule has 2 aromatic rings. The predicted octanol–water partition coefficient (Wildman–Crippen LogP) is 0.0864. The van der Waals surface area contributed by atoms with Crippen molar-refractivity contribution in [1.29, 1.82) is 0 Å². The summed E-state index contributed by atoms with van der Waals surface area (Å²) in [5.41, 5.74) is 0.518. The number of para-hydroxylation sites is 2. The third-order valence-electron chi connectivity index (χ3n) is 4.21. The topological polar surface area (TPSA) is 60.6 Å². The number of hydrogen-bond donors (Lipinski definition) is 2.